The Hall–Kier alpha value is -3.28. The number of aromatic hydroxyl groups is 1. The van der Waals surface area contributed by atoms with Gasteiger partial charge in [0.2, 0.25) is 0 Å². The minimum absolute atomic E-state index is 0.0131. The van der Waals surface area contributed by atoms with Crippen LogP contribution in [0.5, 0.6) is 11.5 Å². The van der Waals surface area contributed by atoms with Crippen LogP contribution in [0.4, 0.5) is 5.69 Å². The van der Waals surface area contributed by atoms with E-state index in [9.17, 15) is 9.90 Å². The zero-order valence-electron chi connectivity index (χ0n) is 13.2. The third-order valence-electron chi connectivity index (χ3n) is 3.57. The molecule has 0 fully saturated rings. The van der Waals surface area contributed by atoms with Crippen LogP contribution in [0.1, 0.15) is 12.5 Å². The highest BCUT2D eigenvalue weighted by Gasteiger charge is 2.17. The topological polar surface area (TPSA) is 84.1 Å². The van der Waals surface area contributed by atoms with Crippen molar-refractivity contribution in [3.05, 3.63) is 64.5 Å². The first kappa shape index (κ1) is 15.6. The Bertz CT molecular complexity index is 962. The molecular formula is C18H16N2O4. The molecule has 0 aliphatic carbocycles. The third-order valence-corrected chi connectivity index (χ3v) is 3.57. The summed E-state index contributed by atoms with van der Waals surface area (Å²) in [7, 11) is 1.52. The molecule has 0 aliphatic heterocycles. The van der Waals surface area contributed by atoms with Crippen LogP contribution in [0, 0.1) is 0 Å². The number of rotatable bonds is 4. The highest BCUT2D eigenvalue weighted by Crippen LogP contribution is 2.29. The van der Waals surface area contributed by atoms with E-state index in [-0.39, 0.29) is 16.9 Å². The summed E-state index contributed by atoms with van der Waals surface area (Å²) in [6.45, 7) is 1.62. The van der Waals surface area contributed by atoms with Crippen LogP contribution in [0.2, 0.25) is 0 Å². The molecule has 0 saturated carbocycles. The number of hydrogen-bond donors (Lipinski definition) is 2. The Kier molecular flexibility index (Phi) is 4.20. The number of ether oxygens (including phenoxy) is 1. The van der Waals surface area contributed by atoms with Crippen LogP contribution in [-0.2, 0) is 0 Å². The number of nitrogens with zero attached hydrogens (tertiary/aromatic N) is 1. The van der Waals surface area contributed by atoms with Crippen LogP contribution < -0.4 is 15.8 Å². The number of nitrogens with one attached hydrogen (secondary N) is 1. The van der Waals surface area contributed by atoms with Crippen molar-refractivity contribution in [2.45, 2.75) is 6.92 Å². The van der Waals surface area contributed by atoms with Crippen molar-refractivity contribution in [2.24, 2.45) is 5.10 Å². The van der Waals surface area contributed by atoms with Gasteiger partial charge < -0.3 is 14.3 Å². The van der Waals surface area contributed by atoms with Gasteiger partial charge >= 0.3 is 5.63 Å². The molecular weight excluding hydrogens is 308 g/mol. The van der Waals surface area contributed by atoms with Crippen molar-refractivity contribution in [1.29, 1.82) is 0 Å². The summed E-state index contributed by atoms with van der Waals surface area (Å²) < 4.78 is 10.4. The molecule has 0 bridgehead atoms. The summed E-state index contributed by atoms with van der Waals surface area (Å²) in [4.78, 5) is 12.2. The lowest BCUT2D eigenvalue weighted by Crippen LogP contribution is -2.14. The fraction of sp³-hybridized carbons (Fsp3) is 0.111. The Morgan fingerprint density at radius 3 is 2.67 bits per heavy atom. The van der Waals surface area contributed by atoms with Crippen molar-refractivity contribution in [2.75, 3.05) is 12.5 Å². The van der Waals surface area contributed by atoms with E-state index in [0.717, 1.165) is 5.69 Å². The molecule has 1 heterocycles. The predicted molar refractivity (Wildman–Crippen MR) is 93.0 cm³/mol. The van der Waals surface area contributed by atoms with Crippen molar-refractivity contribution < 1.29 is 14.3 Å². The Balaban J connectivity index is 2.06. The molecule has 24 heavy (non-hydrogen) atoms. The van der Waals surface area contributed by atoms with Gasteiger partial charge in [-0.25, -0.2) is 4.79 Å². The molecule has 0 spiro atoms. The van der Waals surface area contributed by atoms with Gasteiger partial charge in [0, 0.05) is 0 Å². The zero-order valence-corrected chi connectivity index (χ0v) is 13.2. The maximum atomic E-state index is 12.2. The molecule has 0 saturated heterocycles. The normalized spacial score (nSPS) is 11.5. The SMILES string of the molecule is COc1ccc2oc(=O)c(/C(C)=N/Nc3ccccc3)c(O)c2c1. The molecule has 3 rings (SSSR count). The number of methoxy groups -OCH3 is 1. The lowest BCUT2D eigenvalue weighted by molar-refractivity contribution is 0.414. The first-order valence-electron chi connectivity index (χ1n) is 7.29. The number of anilines is 1. The third kappa shape index (κ3) is 2.94. The standard InChI is InChI=1S/C18H16N2O4/c1-11(19-20-12-6-4-3-5-7-12)16-17(21)14-10-13(23-2)8-9-15(14)24-18(16)22/h3-10,20-21H,1-2H3/b19-11+. The Morgan fingerprint density at radius 1 is 1.21 bits per heavy atom. The minimum Gasteiger partial charge on any atom is -0.506 e. The van der Waals surface area contributed by atoms with Crippen molar-refractivity contribution in [3.8, 4) is 11.5 Å². The first-order valence-corrected chi connectivity index (χ1v) is 7.29. The zero-order chi connectivity index (χ0) is 17.1. The quantitative estimate of drug-likeness (QED) is 0.437. The van der Waals surface area contributed by atoms with E-state index in [2.05, 4.69) is 10.5 Å². The summed E-state index contributed by atoms with van der Waals surface area (Å²) in [5.41, 5.74) is 3.57. The van der Waals surface area contributed by atoms with E-state index in [1.54, 1.807) is 25.1 Å². The number of hydrogen-bond acceptors (Lipinski definition) is 6. The van der Waals surface area contributed by atoms with Gasteiger partial charge in [-0.15, -0.1) is 0 Å². The summed E-state index contributed by atoms with van der Waals surface area (Å²) >= 11 is 0. The molecule has 3 aromatic rings. The second-order valence-corrected chi connectivity index (χ2v) is 5.15. The average Bonchev–Trinajstić information content (AvgIpc) is 2.60. The fourth-order valence-corrected chi connectivity index (χ4v) is 2.33. The van der Waals surface area contributed by atoms with Crippen molar-refractivity contribution >= 4 is 22.4 Å². The average molecular weight is 324 g/mol. The van der Waals surface area contributed by atoms with Gasteiger partial charge in [-0.3, -0.25) is 5.43 Å². The maximum absolute atomic E-state index is 12.2. The van der Waals surface area contributed by atoms with E-state index in [0.29, 0.717) is 16.8 Å². The van der Waals surface area contributed by atoms with Crippen LogP contribution in [0.25, 0.3) is 11.0 Å². The molecule has 6 heteroatoms. The van der Waals surface area contributed by atoms with E-state index in [1.807, 2.05) is 30.3 Å². The minimum atomic E-state index is -0.652. The highest BCUT2D eigenvalue weighted by atomic mass is 16.5. The highest BCUT2D eigenvalue weighted by molar-refractivity contribution is 6.05. The number of benzene rings is 2. The number of fused-ring (bicyclic) bond motifs is 1. The molecule has 2 N–H and O–H groups in total. The molecule has 2 aromatic carbocycles. The van der Waals surface area contributed by atoms with Gasteiger partial charge in [0.1, 0.15) is 22.6 Å². The van der Waals surface area contributed by atoms with Crippen LogP contribution in [0.3, 0.4) is 0 Å². The van der Waals surface area contributed by atoms with Gasteiger partial charge in [-0.2, -0.15) is 5.10 Å². The lowest BCUT2D eigenvalue weighted by Gasteiger charge is -2.08. The fourth-order valence-electron chi connectivity index (χ4n) is 2.33. The summed E-state index contributed by atoms with van der Waals surface area (Å²) in [6.07, 6.45) is 0. The van der Waals surface area contributed by atoms with Gasteiger partial charge in [-0.1, -0.05) is 18.2 Å². The van der Waals surface area contributed by atoms with E-state index >= 15 is 0 Å². The molecule has 0 atom stereocenters. The van der Waals surface area contributed by atoms with Gasteiger partial charge in [-0.05, 0) is 37.3 Å². The van der Waals surface area contributed by atoms with Gasteiger partial charge in [0.05, 0.1) is 23.9 Å². The smallest absolute Gasteiger partial charge is 0.349 e. The largest absolute Gasteiger partial charge is 0.506 e. The Morgan fingerprint density at radius 2 is 1.96 bits per heavy atom. The second-order valence-electron chi connectivity index (χ2n) is 5.15. The predicted octanol–water partition coefficient (Wildman–Crippen LogP) is 3.34. The maximum Gasteiger partial charge on any atom is 0.349 e. The van der Waals surface area contributed by atoms with Crippen LogP contribution in [-0.4, -0.2) is 17.9 Å². The van der Waals surface area contributed by atoms with E-state index in [1.165, 1.54) is 7.11 Å². The van der Waals surface area contributed by atoms with Crippen LogP contribution in [0.15, 0.2) is 62.8 Å². The first-order chi connectivity index (χ1) is 11.6. The Labute approximate surface area is 138 Å². The van der Waals surface area contributed by atoms with Crippen molar-refractivity contribution in [3.63, 3.8) is 0 Å². The number of hydrazone groups is 1. The molecule has 0 radical (unpaired) electrons. The monoisotopic (exact) mass is 324 g/mol. The summed E-state index contributed by atoms with van der Waals surface area (Å²) in [5, 5.41) is 15.0. The molecule has 6 nitrogen and oxygen atoms in total. The van der Waals surface area contributed by atoms with Crippen LogP contribution >= 0.6 is 0 Å². The lowest BCUT2D eigenvalue weighted by atomic mass is 10.1. The van der Waals surface area contributed by atoms with E-state index in [4.69, 9.17) is 9.15 Å². The molecule has 0 aliphatic rings. The molecule has 122 valence electrons. The summed E-state index contributed by atoms with van der Waals surface area (Å²) in [6, 6.07) is 14.1. The van der Waals surface area contributed by atoms with Crippen molar-refractivity contribution in [1.82, 2.24) is 0 Å². The second kappa shape index (κ2) is 6.45. The molecule has 0 unspecified atom stereocenters. The van der Waals surface area contributed by atoms with Gasteiger partial charge in [0.25, 0.3) is 0 Å². The molecule has 0 amide bonds. The molecule has 1 aromatic heterocycles. The summed E-state index contributed by atoms with van der Waals surface area (Å²) in [5.74, 6) is 0.367. The van der Waals surface area contributed by atoms with Gasteiger partial charge in [0.15, 0.2) is 0 Å². The number of para-hydroxylation sites is 1. The van der Waals surface area contributed by atoms with E-state index < -0.39 is 5.63 Å².